The zero-order valence-corrected chi connectivity index (χ0v) is 20.8. The van der Waals surface area contributed by atoms with E-state index in [0.29, 0.717) is 5.66 Å². The Bertz CT molecular complexity index is 1550. The van der Waals surface area contributed by atoms with E-state index in [-0.39, 0.29) is 17.7 Å². The van der Waals surface area contributed by atoms with Gasteiger partial charge in [0.05, 0.1) is 5.54 Å². The second kappa shape index (κ2) is 6.26. The van der Waals surface area contributed by atoms with Crippen LogP contribution >= 0.6 is 9.24 Å². The third kappa shape index (κ3) is 2.10. The topological polar surface area (TPSA) is 12.5 Å². The average molecular weight is 459 g/mol. The number of fused-ring (bicyclic) bond motifs is 9. The summed E-state index contributed by atoms with van der Waals surface area (Å²) in [4.78, 5) is 2.72. The Kier molecular flexibility index (Phi) is 3.60. The van der Waals surface area contributed by atoms with Gasteiger partial charge in [0.1, 0.15) is 11.5 Å². The van der Waals surface area contributed by atoms with Gasteiger partial charge in [-0.2, -0.15) is 0 Å². The van der Waals surface area contributed by atoms with Crippen molar-refractivity contribution in [3.63, 3.8) is 0 Å². The molecule has 1 saturated carbocycles. The number of benzene rings is 4. The number of rotatable bonds is 0. The van der Waals surface area contributed by atoms with E-state index in [9.17, 15) is 0 Å². The van der Waals surface area contributed by atoms with Crippen molar-refractivity contribution in [3.05, 3.63) is 78.4 Å². The minimum Gasteiger partial charge on any atom is -0.458 e. The zero-order chi connectivity index (χ0) is 22.8. The molecular formula is C30H27BNOP. The molecule has 4 aromatic rings. The van der Waals surface area contributed by atoms with Crippen molar-refractivity contribution in [1.82, 2.24) is 0 Å². The molecule has 0 bridgehead atoms. The molecule has 166 valence electrons. The van der Waals surface area contributed by atoms with Gasteiger partial charge in [-0.1, -0.05) is 67.6 Å². The van der Waals surface area contributed by atoms with Gasteiger partial charge in [0.2, 0.25) is 0 Å². The summed E-state index contributed by atoms with van der Waals surface area (Å²) in [5, 5.41) is 2.43. The van der Waals surface area contributed by atoms with Gasteiger partial charge in [-0.25, -0.2) is 0 Å². The Morgan fingerprint density at radius 3 is 2.71 bits per heavy atom. The van der Waals surface area contributed by atoms with Crippen molar-refractivity contribution in [1.29, 1.82) is 0 Å². The SMILES string of the molecule is CC12CCC(P)CC1(C)N1c3cccc4c3B(c3cccc2c31)c1ccc2ccccc2c1O4. The van der Waals surface area contributed by atoms with Crippen LogP contribution in [0.25, 0.3) is 10.8 Å². The quantitative estimate of drug-likeness (QED) is 0.228. The lowest BCUT2D eigenvalue weighted by Crippen LogP contribution is -2.64. The minimum absolute atomic E-state index is 0.0415. The van der Waals surface area contributed by atoms with Crippen LogP contribution in [0, 0.1) is 0 Å². The molecule has 4 unspecified atom stereocenters. The molecule has 3 aliphatic heterocycles. The Labute approximate surface area is 203 Å². The lowest BCUT2D eigenvalue weighted by Gasteiger charge is -2.53. The predicted molar refractivity (Wildman–Crippen MR) is 147 cm³/mol. The highest BCUT2D eigenvalue weighted by atomic mass is 31.0. The van der Waals surface area contributed by atoms with E-state index in [4.69, 9.17) is 4.74 Å². The third-order valence-corrected chi connectivity index (χ3v) is 10.1. The second-order valence-electron chi connectivity index (χ2n) is 11.1. The van der Waals surface area contributed by atoms with Crippen LogP contribution in [0.15, 0.2) is 72.8 Å². The molecule has 1 aliphatic carbocycles. The van der Waals surface area contributed by atoms with E-state index in [1.807, 2.05) is 0 Å². The van der Waals surface area contributed by atoms with Crippen LogP contribution in [0.5, 0.6) is 11.5 Å². The standard InChI is InChI=1S/C30H27BNOP/c1-29-16-15-19(34)17-30(29,2)32-24-11-6-12-25-26(24)31(22-10-5-9-21(29)27(22)32)23-14-13-18-7-3-4-8-20(18)28(23)33-25/h3-14,19H,15-17,34H2,1-2H3. The molecule has 3 heterocycles. The summed E-state index contributed by atoms with van der Waals surface area (Å²) in [6, 6.07) is 27.0. The van der Waals surface area contributed by atoms with Crippen LogP contribution in [-0.4, -0.2) is 17.9 Å². The van der Waals surface area contributed by atoms with Gasteiger partial charge in [0, 0.05) is 22.2 Å². The molecule has 0 aromatic heterocycles. The molecule has 34 heavy (non-hydrogen) atoms. The first-order valence-electron chi connectivity index (χ1n) is 12.5. The molecule has 0 radical (unpaired) electrons. The van der Waals surface area contributed by atoms with Gasteiger partial charge in [-0.05, 0) is 71.3 Å². The normalized spacial score (nSPS) is 27.6. The molecule has 4 heteroatoms. The Morgan fingerprint density at radius 1 is 0.941 bits per heavy atom. The number of anilines is 2. The maximum absolute atomic E-state index is 6.75. The summed E-state index contributed by atoms with van der Waals surface area (Å²) in [7, 11) is 3.13. The van der Waals surface area contributed by atoms with Crippen molar-refractivity contribution in [2.45, 2.75) is 49.7 Å². The molecule has 2 nitrogen and oxygen atoms in total. The van der Waals surface area contributed by atoms with Gasteiger partial charge in [0.15, 0.2) is 0 Å². The fraction of sp³-hybridized carbons (Fsp3) is 0.267. The first-order chi connectivity index (χ1) is 16.5. The highest BCUT2D eigenvalue weighted by molar-refractivity contribution is 7.17. The van der Waals surface area contributed by atoms with Crippen LogP contribution < -0.4 is 26.0 Å². The fourth-order valence-electron chi connectivity index (χ4n) is 7.76. The first-order valence-corrected chi connectivity index (χ1v) is 13.2. The number of ether oxygens (including phenoxy) is 1. The largest absolute Gasteiger partial charge is 0.458 e. The minimum atomic E-state index is 0.0415. The average Bonchev–Trinajstić information content (AvgIpc) is 3.06. The van der Waals surface area contributed by atoms with Gasteiger partial charge in [-0.3, -0.25) is 0 Å². The summed E-state index contributed by atoms with van der Waals surface area (Å²) in [5.41, 5.74) is 9.23. The predicted octanol–water partition coefficient (Wildman–Crippen LogP) is 5.37. The van der Waals surface area contributed by atoms with Crippen LogP contribution in [0.4, 0.5) is 11.4 Å². The van der Waals surface area contributed by atoms with Gasteiger partial charge >= 0.3 is 0 Å². The fourth-order valence-corrected chi connectivity index (χ4v) is 8.39. The molecule has 0 N–H and O–H groups in total. The van der Waals surface area contributed by atoms with E-state index in [2.05, 4.69) is 101 Å². The van der Waals surface area contributed by atoms with Crippen LogP contribution in [0.1, 0.15) is 38.7 Å². The van der Waals surface area contributed by atoms with E-state index in [1.54, 1.807) is 0 Å². The lowest BCUT2D eigenvalue weighted by atomic mass is 9.34. The summed E-state index contributed by atoms with van der Waals surface area (Å²) in [6.07, 6.45) is 3.67. The second-order valence-corrected chi connectivity index (χ2v) is 12.1. The maximum Gasteiger partial charge on any atom is 0.256 e. The van der Waals surface area contributed by atoms with Gasteiger partial charge in [-0.15, -0.1) is 9.24 Å². The summed E-state index contributed by atoms with van der Waals surface area (Å²) in [6.45, 7) is 5.23. The molecule has 4 aliphatic rings. The Balaban J connectivity index is 1.48. The molecule has 1 fully saturated rings. The van der Waals surface area contributed by atoms with Crippen LogP contribution in [0.3, 0.4) is 0 Å². The zero-order valence-electron chi connectivity index (χ0n) is 19.6. The number of hydrogen-bond acceptors (Lipinski definition) is 2. The van der Waals surface area contributed by atoms with Gasteiger partial charge in [0.25, 0.3) is 6.71 Å². The number of hydrogen-bond donors (Lipinski definition) is 0. The highest BCUT2D eigenvalue weighted by Crippen LogP contribution is 2.62. The van der Waals surface area contributed by atoms with Crippen LogP contribution in [-0.2, 0) is 5.41 Å². The van der Waals surface area contributed by atoms with Crippen LogP contribution in [0.2, 0.25) is 0 Å². The monoisotopic (exact) mass is 459 g/mol. The van der Waals surface area contributed by atoms with E-state index < -0.39 is 0 Å². The molecular weight excluding hydrogens is 432 g/mol. The third-order valence-electron chi connectivity index (χ3n) is 9.56. The van der Waals surface area contributed by atoms with Gasteiger partial charge < -0.3 is 9.64 Å². The van der Waals surface area contributed by atoms with E-state index in [0.717, 1.165) is 11.5 Å². The van der Waals surface area contributed by atoms with Crippen molar-refractivity contribution in [2.75, 3.05) is 4.90 Å². The van der Waals surface area contributed by atoms with E-state index in [1.165, 1.54) is 63.4 Å². The van der Waals surface area contributed by atoms with Crippen molar-refractivity contribution in [2.24, 2.45) is 0 Å². The molecule has 4 aromatic carbocycles. The smallest absolute Gasteiger partial charge is 0.256 e. The Morgan fingerprint density at radius 2 is 1.79 bits per heavy atom. The summed E-state index contributed by atoms with van der Waals surface area (Å²) >= 11 is 0. The molecule has 0 saturated heterocycles. The molecule has 0 spiro atoms. The molecule has 8 rings (SSSR count). The summed E-state index contributed by atoms with van der Waals surface area (Å²) in [5.74, 6) is 2.04. The van der Waals surface area contributed by atoms with Crippen molar-refractivity contribution in [3.8, 4) is 11.5 Å². The number of nitrogens with zero attached hydrogens (tertiary/aromatic N) is 1. The van der Waals surface area contributed by atoms with Crippen molar-refractivity contribution >= 4 is 54.5 Å². The summed E-state index contributed by atoms with van der Waals surface area (Å²) < 4.78 is 6.75. The van der Waals surface area contributed by atoms with E-state index >= 15 is 0 Å². The molecule has 0 amide bonds. The maximum atomic E-state index is 6.75. The number of para-hydroxylation sites is 1. The Hall–Kier alpha value is -2.77. The highest BCUT2D eigenvalue weighted by Gasteiger charge is 2.61. The lowest BCUT2D eigenvalue weighted by molar-refractivity contribution is 0.199. The molecule has 4 atom stereocenters. The van der Waals surface area contributed by atoms with Crippen molar-refractivity contribution < 1.29 is 4.74 Å². The first kappa shape index (κ1) is 19.5.